The molecule has 6 heteroatoms. The van der Waals surface area contributed by atoms with E-state index in [1.165, 1.54) is 0 Å². The number of rotatable bonds is 2. The van der Waals surface area contributed by atoms with Gasteiger partial charge in [-0.25, -0.2) is 4.98 Å². The lowest BCUT2D eigenvalue weighted by Gasteiger charge is -2.33. The van der Waals surface area contributed by atoms with Crippen LogP contribution in [0.15, 0.2) is 4.79 Å². The Morgan fingerprint density at radius 2 is 2.05 bits per heavy atom. The van der Waals surface area contributed by atoms with Gasteiger partial charge in [-0.2, -0.15) is 0 Å². The van der Waals surface area contributed by atoms with Crippen LogP contribution in [0.1, 0.15) is 42.1 Å². The van der Waals surface area contributed by atoms with Crippen LogP contribution in [-0.2, 0) is 0 Å². The molecule has 21 heavy (non-hydrogen) atoms. The highest BCUT2D eigenvalue weighted by atomic mass is 32.1. The Hall–Kier alpha value is -1.24. The zero-order chi connectivity index (χ0) is 15.1. The third-order valence-corrected chi connectivity index (χ3v) is 5.60. The molecule has 1 aliphatic heterocycles. The van der Waals surface area contributed by atoms with Crippen LogP contribution in [0.5, 0.6) is 0 Å². The van der Waals surface area contributed by atoms with Gasteiger partial charge < -0.3 is 10.1 Å². The predicted octanol–water partition coefficient (Wildman–Crippen LogP) is 2.12. The largest absolute Gasteiger partial charge is 0.393 e. The Labute approximate surface area is 127 Å². The smallest absolute Gasteiger partial charge is 0.259 e. The molecule has 1 fully saturated rings. The second kappa shape index (κ2) is 5.51. The van der Waals surface area contributed by atoms with Gasteiger partial charge in [0.25, 0.3) is 5.56 Å². The Kier molecular flexibility index (Phi) is 3.86. The maximum atomic E-state index is 12.3. The summed E-state index contributed by atoms with van der Waals surface area (Å²) in [5.41, 5.74) is 0.991. The summed E-state index contributed by atoms with van der Waals surface area (Å²) in [6.07, 6.45) is 1.38. The third-order valence-electron chi connectivity index (χ3n) is 4.50. The van der Waals surface area contributed by atoms with E-state index in [1.54, 1.807) is 11.3 Å². The molecule has 3 heterocycles. The first-order valence-electron chi connectivity index (χ1n) is 7.39. The highest BCUT2D eigenvalue weighted by Crippen LogP contribution is 2.28. The zero-order valence-electron chi connectivity index (χ0n) is 12.6. The van der Waals surface area contributed by atoms with Crippen molar-refractivity contribution in [3.8, 4) is 0 Å². The molecule has 114 valence electrons. The van der Waals surface area contributed by atoms with Gasteiger partial charge in [0.05, 0.1) is 17.5 Å². The summed E-state index contributed by atoms with van der Waals surface area (Å²) < 4.78 is 0. The maximum Gasteiger partial charge on any atom is 0.259 e. The number of aliphatic hydroxyl groups excluding tert-OH is 1. The van der Waals surface area contributed by atoms with Crippen LogP contribution in [0.4, 0.5) is 0 Å². The number of likely N-dealkylation sites (tertiary alicyclic amines) is 1. The molecule has 0 amide bonds. The minimum absolute atomic E-state index is 0.0410. The van der Waals surface area contributed by atoms with Crippen LogP contribution in [0.3, 0.4) is 0 Å². The SMILES string of the molecule is Cc1sc2nc([C@H](C)N3CCC(O)CC3)[nH]c(=O)c2c1C. The fourth-order valence-corrected chi connectivity index (χ4v) is 3.95. The minimum Gasteiger partial charge on any atom is -0.393 e. The lowest BCUT2D eigenvalue weighted by Crippen LogP contribution is -2.38. The van der Waals surface area contributed by atoms with E-state index in [4.69, 9.17) is 0 Å². The fraction of sp³-hybridized carbons (Fsp3) is 0.600. The Balaban J connectivity index is 1.95. The van der Waals surface area contributed by atoms with Crippen molar-refractivity contribution in [2.75, 3.05) is 13.1 Å². The monoisotopic (exact) mass is 307 g/mol. The number of aliphatic hydroxyl groups is 1. The van der Waals surface area contributed by atoms with Crippen molar-refractivity contribution in [2.45, 2.75) is 45.8 Å². The molecule has 0 unspecified atom stereocenters. The summed E-state index contributed by atoms with van der Waals surface area (Å²) in [7, 11) is 0. The minimum atomic E-state index is -0.189. The van der Waals surface area contributed by atoms with Crippen LogP contribution in [0, 0.1) is 13.8 Å². The van der Waals surface area contributed by atoms with Crippen LogP contribution in [0.2, 0.25) is 0 Å². The average molecular weight is 307 g/mol. The lowest BCUT2D eigenvalue weighted by atomic mass is 10.1. The molecular weight excluding hydrogens is 286 g/mol. The molecule has 1 saturated heterocycles. The second-order valence-corrected chi connectivity index (χ2v) is 7.06. The summed E-state index contributed by atoms with van der Waals surface area (Å²) in [5, 5.41) is 10.3. The van der Waals surface area contributed by atoms with E-state index in [1.807, 2.05) is 13.8 Å². The van der Waals surface area contributed by atoms with Crippen molar-refractivity contribution in [3.05, 3.63) is 26.6 Å². The van der Waals surface area contributed by atoms with Gasteiger partial charge in [0.1, 0.15) is 10.7 Å². The molecule has 2 aromatic heterocycles. The van der Waals surface area contributed by atoms with E-state index in [2.05, 4.69) is 21.8 Å². The molecule has 5 nitrogen and oxygen atoms in total. The predicted molar refractivity (Wildman–Crippen MR) is 84.9 cm³/mol. The third kappa shape index (κ3) is 2.63. The van der Waals surface area contributed by atoms with E-state index < -0.39 is 0 Å². The molecule has 0 saturated carbocycles. The Bertz CT molecular complexity index is 714. The van der Waals surface area contributed by atoms with Crippen LogP contribution in [-0.4, -0.2) is 39.2 Å². The zero-order valence-corrected chi connectivity index (χ0v) is 13.5. The summed E-state index contributed by atoms with van der Waals surface area (Å²) in [6.45, 7) is 7.74. The quantitative estimate of drug-likeness (QED) is 0.891. The van der Waals surface area contributed by atoms with Gasteiger partial charge >= 0.3 is 0 Å². The summed E-state index contributed by atoms with van der Waals surface area (Å²) in [6, 6.07) is 0.0670. The number of hydrogen-bond acceptors (Lipinski definition) is 5. The van der Waals surface area contributed by atoms with E-state index >= 15 is 0 Å². The Morgan fingerprint density at radius 1 is 1.38 bits per heavy atom. The van der Waals surface area contributed by atoms with Gasteiger partial charge in [-0.05, 0) is 39.2 Å². The van der Waals surface area contributed by atoms with Gasteiger partial charge in [-0.15, -0.1) is 11.3 Å². The fourth-order valence-electron chi connectivity index (χ4n) is 2.92. The Morgan fingerprint density at radius 3 is 2.71 bits per heavy atom. The summed E-state index contributed by atoms with van der Waals surface area (Å²) in [5.74, 6) is 0.727. The van der Waals surface area contributed by atoms with Crippen LogP contribution < -0.4 is 5.56 Å². The number of hydrogen-bond donors (Lipinski definition) is 2. The van der Waals surface area contributed by atoms with Gasteiger partial charge in [0, 0.05) is 18.0 Å². The number of nitrogens with one attached hydrogen (secondary N) is 1. The normalized spacial score (nSPS) is 19.2. The highest BCUT2D eigenvalue weighted by Gasteiger charge is 2.24. The van der Waals surface area contributed by atoms with Gasteiger partial charge in [-0.1, -0.05) is 0 Å². The number of thiophene rings is 1. The van der Waals surface area contributed by atoms with Crippen molar-refractivity contribution in [1.29, 1.82) is 0 Å². The number of fused-ring (bicyclic) bond motifs is 1. The number of piperidine rings is 1. The van der Waals surface area contributed by atoms with E-state index in [0.717, 1.165) is 52.4 Å². The molecule has 1 atom stereocenters. The number of aromatic amines is 1. The van der Waals surface area contributed by atoms with Gasteiger partial charge in [-0.3, -0.25) is 9.69 Å². The first-order chi connectivity index (χ1) is 9.97. The first-order valence-corrected chi connectivity index (χ1v) is 8.21. The second-order valence-electron chi connectivity index (χ2n) is 5.86. The number of nitrogens with zero attached hydrogens (tertiary/aromatic N) is 2. The first kappa shape index (κ1) is 14.7. The van der Waals surface area contributed by atoms with Crippen molar-refractivity contribution in [2.24, 2.45) is 0 Å². The topological polar surface area (TPSA) is 69.2 Å². The van der Waals surface area contributed by atoms with E-state index in [0.29, 0.717) is 0 Å². The molecule has 0 spiro atoms. The van der Waals surface area contributed by atoms with Crippen molar-refractivity contribution in [1.82, 2.24) is 14.9 Å². The van der Waals surface area contributed by atoms with Crippen LogP contribution >= 0.6 is 11.3 Å². The van der Waals surface area contributed by atoms with Crippen LogP contribution in [0.25, 0.3) is 10.2 Å². The van der Waals surface area contributed by atoms with Crippen molar-refractivity contribution >= 4 is 21.6 Å². The van der Waals surface area contributed by atoms with Gasteiger partial charge in [0.15, 0.2) is 0 Å². The lowest BCUT2D eigenvalue weighted by molar-refractivity contribution is 0.0626. The molecule has 2 aromatic rings. The standard InChI is InChI=1S/C15H21N3O2S/c1-8-10(3)21-15-12(8)14(20)16-13(17-15)9(2)18-6-4-11(19)5-7-18/h9,11,19H,4-7H2,1-3H3,(H,16,17,20)/t9-/m0/s1. The summed E-state index contributed by atoms with van der Waals surface area (Å²) >= 11 is 1.58. The van der Waals surface area contributed by atoms with Crippen molar-refractivity contribution in [3.63, 3.8) is 0 Å². The molecule has 0 bridgehead atoms. The molecule has 0 radical (unpaired) electrons. The number of H-pyrrole nitrogens is 1. The summed E-state index contributed by atoms with van der Waals surface area (Å²) in [4.78, 5) is 24.2. The highest BCUT2D eigenvalue weighted by molar-refractivity contribution is 7.18. The molecule has 0 aliphatic carbocycles. The molecule has 1 aliphatic rings. The molecule has 2 N–H and O–H groups in total. The van der Waals surface area contributed by atoms with Crippen molar-refractivity contribution < 1.29 is 5.11 Å². The molecular formula is C15H21N3O2S. The van der Waals surface area contributed by atoms with Gasteiger partial charge in [0.2, 0.25) is 0 Å². The maximum absolute atomic E-state index is 12.3. The molecule has 0 aromatic carbocycles. The molecule has 3 rings (SSSR count). The number of aryl methyl sites for hydroxylation is 2. The number of aromatic nitrogens is 2. The average Bonchev–Trinajstić information content (AvgIpc) is 2.74. The van der Waals surface area contributed by atoms with E-state index in [-0.39, 0.29) is 17.7 Å². The van der Waals surface area contributed by atoms with E-state index in [9.17, 15) is 9.90 Å².